The molecule has 1 aliphatic rings. The minimum Gasteiger partial charge on any atom is -0.388 e. The maximum absolute atomic E-state index is 12.5. The zero-order chi connectivity index (χ0) is 14.9. The molecule has 1 saturated heterocycles. The van der Waals surface area contributed by atoms with Gasteiger partial charge in [-0.3, -0.25) is 4.79 Å². The lowest BCUT2D eigenvalue weighted by atomic mass is 9.93. The number of carbonyl (C=O) groups is 1. The fraction of sp³-hybridized carbons (Fsp3) is 0.438. The van der Waals surface area contributed by atoms with Gasteiger partial charge < -0.3 is 19.7 Å². The highest BCUT2D eigenvalue weighted by Gasteiger charge is 2.32. The molecule has 5 nitrogen and oxygen atoms in total. The molecule has 3 rings (SSSR count). The molecule has 2 N–H and O–H groups in total. The van der Waals surface area contributed by atoms with E-state index in [1.165, 1.54) is 0 Å². The lowest BCUT2D eigenvalue weighted by Crippen LogP contribution is -2.47. The average molecular weight is 288 g/mol. The van der Waals surface area contributed by atoms with Gasteiger partial charge in [0.05, 0.1) is 5.60 Å². The van der Waals surface area contributed by atoms with E-state index in [9.17, 15) is 9.90 Å². The molecule has 1 aliphatic heterocycles. The molecule has 1 fully saturated rings. The maximum atomic E-state index is 12.5. The Bertz CT molecular complexity index is 644. The van der Waals surface area contributed by atoms with Crippen LogP contribution in [0.5, 0.6) is 0 Å². The minimum absolute atomic E-state index is 0.0774. The molecule has 21 heavy (non-hydrogen) atoms. The van der Waals surface area contributed by atoms with Crippen molar-refractivity contribution in [3.63, 3.8) is 0 Å². The van der Waals surface area contributed by atoms with Crippen molar-refractivity contribution in [2.24, 2.45) is 0 Å². The fourth-order valence-electron chi connectivity index (χ4n) is 2.82. The topological polar surface area (TPSA) is 65.6 Å². The number of hydrogen-bond acceptors (Lipinski definition) is 3. The standard InChI is InChI=1S/C16H20N2O3/c1-18(11-16(20)5-8-21-9-6-16)15(19)13-3-2-12-4-7-17-14(12)10-13/h2-4,7,10,17,20H,5-6,8-9,11H2,1H3. The van der Waals surface area contributed by atoms with E-state index in [2.05, 4.69) is 4.98 Å². The number of H-pyrrole nitrogens is 1. The van der Waals surface area contributed by atoms with E-state index in [1.54, 1.807) is 11.9 Å². The maximum Gasteiger partial charge on any atom is 0.253 e. The molecule has 0 spiro atoms. The van der Waals surface area contributed by atoms with Gasteiger partial charge in [0.2, 0.25) is 0 Å². The average Bonchev–Trinajstić information content (AvgIpc) is 2.94. The summed E-state index contributed by atoms with van der Waals surface area (Å²) in [7, 11) is 1.73. The summed E-state index contributed by atoms with van der Waals surface area (Å²) >= 11 is 0. The van der Waals surface area contributed by atoms with E-state index >= 15 is 0 Å². The van der Waals surface area contributed by atoms with Crippen molar-refractivity contribution < 1.29 is 14.6 Å². The zero-order valence-electron chi connectivity index (χ0n) is 12.1. The van der Waals surface area contributed by atoms with Crippen LogP contribution in [-0.4, -0.2) is 53.3 Å². The summed E-state index contributed by atoms with van der Waals surface area (Å²) in [6, 6.07) is 7.57. The number of fused-ring (bicyclic) bond motifs is 1. The summed E-state index contributed by atoms with van der Waals surface area (Å²) in [5.41, 5.74) is 0.737. The van der Waals surface area contributed by atoms with E-state index < -0.39 is 5.60 Å². The number of likely N-dealkylation sites (N-methyl/N-ethyl adjacent to an activating group) is 1. The number of amides is 1. The van der Waals surface area contributed by atoms with E-state index in [4.69, 9.17) is 4.74 Å². The number of aliphatic hydroxyl groups is 1. The van der Waals surface area contributed by atoms with Crippen molar-refractivity contribution in [2.45, 2.75) is 18.4 Å². The second-order valence-electron chi connectivity index (χ2n) is 5.78. The van der Waals surface area contributed by atoms with Gasteiger partial charge in [-0.25, -0.2) is 0 Å². The van der Waals surface area contributed by atoms with Gasteiger partial charge >= 0.3 is 0 Å². The second kappa shape index (κ2) is 5.50. The first-order chi connectivity index (χ1) is 10.1. The quantitative estimate of drug-likeness (QED) is 0.905. The van der Waals surface area contributed by atoms with Gasteiger partial charge in [0.25, 0.3) is 5.91 Å². The van der Waals surface area contributed by atoms with Gasteiger partial charge in [-0.1, -0.05) is 6.07 Å². The van der Waals surface area contributed by atoms with Crippen LogP contribution in [0.1, 0.15) is 23.2 Å². The summed E-state index contributed by atoms with van der Waals surface area (Å²) < 4.78 is 5.26. The number of nitrogens with zero attached hydrogens (tertiary/aromatic N) is 1. The van der Waals surface area contributed by atoms with Gasteiger partial charge in [0.15, 0.2) is 0 Å². The molecular formula is C16H20N2O3. The predicted molar refractivity (Wildman–Crippen MR) is 80.3 cm³/mol. The molecule has 5 heteroatoms. The van der Waals surface area contributed by atoms with Crippen molar-refractivity contribution >= 4 is 16.8 Å². The van der Waals surface area contributed by atoms with Crippen molar-refractivity contribution in [1.29, 1.82) is 0 Å². The van der Waals surface area contributed by atoms with Gasteiger partial charge in [-0.15, -0.1) is 0 Å². The summed E-state index contributed by atoms with van der Waals surface area (Å²) in [6.45, 7) is 1.43. The molecular weight excluding hydrogens is 268 g/mol. The Morgan fingerprint density at radius 2 is 2.14 bits per heavy atom. The summed E-state index contributed by atoms with van der Waals surface area (Å²) in [5.74, 6) is -0.0774. The van der Waals surface area contributed by atoms with Crippen LogP contribution in [0.4, 0.5) is 0 Å². The van der Waals surface area contributed by atoms with Gasteiger partial charge in [0, 0.05) is 56.9 Å². The van der Waals surface area contributed by atoms with E-state index in [-0.39, 0.29) is 5.91 Å². The molecule has 2 heterocycles. The van der Waals surface area contributed by atoms with E-state index in [0.29, 0.717) is 38.2 Å². The Morgan fingerprint density at radius 1 is 1.38 bits per heavy atom. The number of carbonyl (C=O) groups excluding carboxylic acids is 1. The molecule has 0 aliphatic carbocycles. The highest BCUT2D eigenvalue weighted by molar-refractivity contribution is 5.97. The zero-order valence-corrected chi connectivity index (χ0v) is 12.1. The van der Waals surface area contributed by atoms with Crippen LogP contribution in [-0.2, 0) is 4.74 Å². The van der Waals surface area contributed by atoms with Crippen molar-refractivity contribution in [3.05, 3.63) is 36.0 Å². The summed E-state index contributed by atoms with van der Waals surface area (Å²) in [4.78, 5) is 17.2. The van der Waals surface area contributed by atoms with Crippen LogP contribution in [0, 0.1) is 0 Å². The monoisotopic (exact) mass is 288 g/mol. The molecule has 1 aromatic heterocycles. The smallest absolute Gasteiger partial charge is 0.253 e. The molecule has 0 radical (unpaired) electrons. The van der Waals surface area contributed by atoms with Crippen LogP contribution in [0.3, 0.4) is 0 Å². The Kier molecular flexibility index (Phi) is 3.69. The first-order valence-corrected chi connectivity index (χ1v) is 7.20. The van der Waals surface area contributed by atoms with Crippen LogP contribution in [0.25, 0.3) is 10.9 Å². The third-order valence-electron chi connectivity index (χ3n) is 4.10. The Balaban J connectivity index is 1.74. The number of nitrogens with one attached hydrogen (secondary N) is 1. The molecule has 0 unspecified atom stereocenters. The normalized spacial score (nSPS) is 17.8. The van der Waals surface area contributed by atoms with Crippen LogP contribution < -0.4 is 0 Å². The minimum atomic E-state index is -0.834. The first kappa shape index (κ1) is 14.1. The number of ether oxygens (including phenoxy) is 1. The molecule has 0 atom stereocenters. The molecule has 2 aromatic rings. The van der Waals surface area contributed by atoms with Gasteiger partial charge in [0.1, 0.15) is 0 Å². The second-order valence-corrected chi connectivity index (χ2v) is 5.78. The van der Waals surface area contributed by atoms with E-state index in [0.717, 1.165) is 10.9 Å². The number of aromatic amines is 1. The SMILES string of the molecule is CN(CC1(O)CCOCC1)C(=O)c1ccc2cc[nH]c2c1. The molecule has 1 aromatic carbocycles. The van der Waals surface area contributed by atoms with Crippen LogP contribution >= 0.6 is 0 Å². The van der Waals surface area contributed by atoms with Gasteiger partial charge in [-0.05, 0) is 23.6 Å². The number of benzene rings is 1. The highest BCUT2D eigenvalue weighted by Crippen LogP contribution is 2.22. The molecule has 0 saturated carbocycles. The molecule has 1 amide bonds. The van der Waals surface area contributed by atoms with Gasteiger partial charge in [-0.2, -0.15) is 0 Å². The molecule has 0 bridgehead atoms. The highest BCUT2D eigenvalue weighted by atomic mass is 16.5. The van der Waals surface area contributed by atoms with Crippen molar-refractivity contribution in [3.8, 4) is 0 Å². The van der Waals surface area contributed by atoms with Crippen molar-refractivity contribution in [1.82, 2.24) is 9.88 Å². The first-order valence-electron chi connectivity index (χ1n) is 7.20. The Morgan fingerprint density at radius 3 is 2.90 bits per heavy atom. The van der Waals surface area contributed by atoms with Crippen LogP contribution in [0.2, 0.25) is 0 Å². The fourth-order valence-corrected chi connectivity index (χ4v) is 2.82. The predicted octanol–water partition coefficient (Wildman–Crippen LogP) is 1.78. The summed E-state index contributed by atoms with van der Waals surface area (Å²) in [6.07, 6.45) is 2.99. The number of aromatic nitrogens is 1. The third-order valence-corrected chi connectivity index (χ3v) is 4.10. The lowest BCUT2D eigenvalue weighted by molar-refractivity contribution is -0.0734. The number of hydrogen-bond donors (Lipinski definition) is 2. The summed E-state index contributed by atoms with van der Waals surface area (Å²) in [5, 5.41) is 11.6. The molecule has 112 valence electrons. The Labute approximate surface area is 123 Å². The third kappa shape index (κ3) is 2.94. The van der Waals surface area contributed by atoms with Crippen LogP contribution in [0.15, 0.2) is 30.5 Å². The number of rotatable bonds is 3. The Hall–Kier alpha value is -1.85. The van der Waals surface area contributed by atoms with Crippen molar-refractivity contribution in [2.75, 3.05) is 26.8 Å². The lowest BCUT2D eigenvalue weighted by Gasteiger charge is -2.35. The van der Waals surface area contributed by atoms with E-state index in [1.807, 2.05) is 30.5 Å². The largest absolute Gasteiger partial charge is 0.388 e.